The summed E-state index contributed by atoms with van der Waals surface area (Å²) in [5.74, 6) is -1.28. The topological polar surface area (TPSA) is 95.0 Å². The highest BCUT2D eigenvalue weighted by Gasteiger charge is 2.41. The molecule has 26 heavy (non-hydrogen) atoms. The molecule has 8 heteroatoms. The van der Waals surface area contributed by atoms with Crippen LogP contribution in [0.3, 0.4) is 0 Å². The predicted molar refractivity (Wildman–Crippen MR) is 95.8 cm³/mol. The normalized spacial score (nSPS) is 20.3. The summed E-state index contributed by atoms with van der Waals surface area (Å²) in [6.45, 7) is 2.53. The van der Waals surface area contributed by atoms with Gasteiger partial charge in [0.25, 0.3) is 5.91 Å². The largest absolute Gasteiger partial charge is 0.480 e. The van der Waals surface area contributed by atoms with Crippen LogP contribution in [0.1, 0.15) is 30.1 Å². The van der Waals surface area contributed by atoms with Crippen molar-refractivity contribution in [2.24, 2.45) is 0 Å². The second-order valence-corrected chi connectivity index (χ2v) is 8.33. The molecule has 0 aliphatic carbocycles. The number of carbonyl (C=O) groups excluding carboxylic acids is 1. The van der Waals surface area contributed by atoms with E-state index in [1.54, 1.807) is 29.2 Å². The van der Waals surface area contributed by atoms with E-state index in [0.29, 0.717) is 41.4 Å². The van der Waals surface area contributed by atoms with Crippen LogP contribution in [0.2, 0.25) is 0 Å². The van der Waals surface area contributed by atoms with E-state index >= 15 is 0 Å². The van der Waals surface area contributed by atoms with Gasteiger partial charge in [0.05, 0.1) is 10.6 Å². The summed E-state index contributed by atoms with van der Waals surface area (Å²) in [4.78, 5) is 25.7. The molecule has 2 aromatic rings. The van der Waals surface area contributed by atoms with Gasteiger partial charge < -0.3 is 10.0 Å². The Morgan fingerprint density at radius 3 is 2.73 bits per heavy atom. The van der Waals surface area contributed by atoms with Crippen LogP contribution < -0.4 is 4.90 Å². The zero-order valence-electron chi connectivity index (χ0n) is 14.2. The van der Waals surface area contributed by atoms with Gasteiger partial charge in [0.2, 0.25) is 10.0 Å². The van der Waals surface area contributed by atoms with Gasteiger partial charge in [-0.05, 0) is 38.0 Å². The third-order valence-corrected chi connectivity index (χ3v) is 7.10. The predicted octanol–water partition coefficient (Wildman–Crippen LogP) is 2.06. The first-order valence-corrected chi connectivity index (χ1v) is 9.94. The maximum Gasteiger partial charge on any atom is 0.322 e. The van der Waals surface area contributed by atoms with Gasteiger partial charge in [-0.25, -0.2) is 8.42 Å². The number of aliphatic carboxylic acids is 1. The number of anilines is 1. The van der Waals surface area contributed by atoms with Crippen molar-refractivity contribution in [3.63, 3.8) is 0 Å². The Hall–Kier alpha value is -2.45. The first-order chi connectivity index (χ1) is 12.4. The molecule has 136 valence electrons. The molecule has 7 nitrogen and oxygen atoms in total. The highest BCUT2D eigenvalue weighted by atomic mass is 32.2. The van der Waals surface area contributed by atoms with Gasteiger partial charge >= 0.3 is 5.97 Å². The number of carbonyl (C=O) groups is 2. The minimum atomic E-state index is -3.98. The Morgan fingerprint density at radius 1 is 1.27 bits per heavy atom. The lowest BCUT2D eigenvalue weighted by molar-refractivity contribution is -0.140. The molecule has 2 aliphatic heterocycles. The Labute approximate surface area is 150 Å². The molecule has 1 atom stereocenters. The average molecular weight is 374 g/mol. The van der Waals surface area contributed by atoms with E-state index in [-0.39, 0.29) is 17.3 Å². The highest BCUT2D eigenvalue weighted by molar-refractivity contribution is 7.89. The van der Waals surface area contributed by atoms with Gasteiger partial charge in [-0.3, -0.25) is 9.59 Å². The molecule has 0 spiro atoms. The summed E-state index contributed by atoms with van der Waals surface area (Å²) in [6.07, 6.45) is 0.817. The Morgan fingerprint density at radius 2 is 2.04 bits per heavy atom. The van der Waals surface area contributed by atoms with E-state index in [9.17, 15) is 23.1 Å². The van der Waals surface area contributed by atoms with E-state index in [2.05, 4.69) is 0 Å². The van der Waals surface area contributed by atoms with Crippen molar-refractivity contribution >= 4 is 38.4 Å². The molecule has 1 fully saturated rings. The van der Waals surface area contributed by atoms with Gasteiger partial charge in [-0.1, -0.05) is 12.1 Å². The van der Waals surface area contributed by atoms with E-state index in [1.165, 1.54) is 6.07 Å². The van der Waals surface area contributed by atoms with Crippen molar-refractivity contribution < 1.29 is 23.1 Å². The number of hydrogen-bond donors (Lipinski definition) is 1. The van der Waals surface area contributed by atoms with Crippen LogP contribution >= 0.6 is 0 Å². The molecule has 1 saturated heterocycles. The molecular weight excluding hydrogens is 356 g/mol. The maximum atomic E-state index is 13.2. The fraction of sp³-hybridized carbons (Fsp3) is 0.333. The third-order valence-electron chi connectivity index (χ3n) is 5.14. The van der Waals surface area contributed by atoms with E-state index in [4.69, 9.17) is 0 Å². The monoisotopic (exact) mass is 374 g/mol. The van der Waals surface area contributed by atoms with Crippen molar-refractivity contribution in [1.82, 2.24) is 4.31 Å². The summed E-state index contributed by atoms with van der Waals surface area (Å²) in [5.41, 5.74) is 1.17. The SMILES string of the molecule is CCN1C(=O)c2cccc3c(S(=O)(=O)N4CCC[C@H]4C(=O)O)ccc1c23. The molecule has 0 radical (unpaired) electrons. The molecule has 2 heterocycles. The zero-order valence-corrected chi connectivity index (χ0v) is 15.0. The van der Waals surface area contributed by atoms with Crippen molar-refractivity contribution in [1.29, 1.82) is 0 Å². The molecular formula is C18H18N2O5S. The summed E-state index contributed by atoms with van der Waals surface area (Å²) < 4.78 is 27.5. The van der Waals surface area contributed by atoms with Crippen LogP contribution in [0.4, 0.5) is 5.69 Å². The van der Waals surface area contributed by atoms with Crippen LogP contribution in [0.15, 0.2) is 35.2 Å². The van der Waals surface area contributed by atoms with Crippen molar-refractivity contribution in [2.45, 2.75) is 30.7 Å². The lowest BCUT2D eigenvalue weighted by Gasteiger charge is -2.22. The summed E-state index contributed by atoms with van der Waals surface area (Å²) >= 11 is 0. The van der Waals surface area contributed by atoms with Crippen molar-refractivity contribution in [2.75, 3.05) is 18.0 Å². The molecule has 4 rings (SSSR count). The number of benzene rings is 2. The number of sulfonamides is 1. The quantitative estimate of drug-likeness (QED) is 0.884. The van der Waals surface area contributed by atoms with Gasteiger partial charge in [0.15, 0.2) is 0 Å². The number of carboxylic acid groups (broad SMARTS) is 1. The Kier molecular flexibility index (Phi) is 3.78. The fourth-order valence-corrected chi connectivity index (χ4v) is 5.80. The van der Waals surface area contributed by atoms with Gasteiger partial charge in [-0.2, -0.15) is 4.31 Å². The van der Waals surface area contributed by atoms with Crippen LogP contribution in [0.5, 0.6) is 0 Å². The molecule has 0 saturated carbocycles. The molecule has 1 N–H and O–H groups in total. The molecule has 2 aromatic carbocycles. The van der Waals surface area contributed by atoms with Crippen molar-refractivity contribution in [3.8, 4) is 0 Å². The van der Waals surface area contributed by atoms with Gasteiger partial charge in [0, 0.05) is 29.4 Å². The van der Waals surface area contributed by atoms with Crippen LogP contribution in [0.25, 0.3) is 10.8 Å². The molecule has 2 aliphatic rings. The second kappa shape index (κ2) is 5.78. The van der Waals surface area contributed by atoms with E-state index < -0.39 is 22.0 Å². The minimum absolute atomic E-state index is 0.0528. The zero-order chi connectivity index (χ0) is 18.6. The summed E-state index contributed by atoms with van der Waals surface area (Å²) in [5, 5.41) is 10.4. The molecule has 0 unspecified atom stereocenters. The standard InChI is InChI=1S/C18H18N2O5S/c1-2-19-13-8-9-15(11-5-3-6-12(16(11)13)17(19)21)26(24,25)20-10-4-7-14(20)18(22)23/h3,5-6,8-9,14H,2,4,7,10H2,1H3,(H,22,23)/t14-/m0/s1. The van der Waals surface area contributed by atoms with E-state index in [1.807, 2.05) is 6.92 Å². The smallest absolute Gasteiger partial charge is 0.322 e. The first-order valence-electron chi connectivity index (χ1n) is 8.50. The number of hydrogen-bond acceptors (Lipinski definition) is 4. The molecule has 0 aromatic heterocycles. The van der Waals surface area contributed by atoms with E-state index in [0.717, 1.165) is 4.31 Å². The number of amides is 1. The summed E-state index contributed by atoms with van der Waals surface area (Å²) in [6, 6.07) is 7.10. The first kappa shape index (κ1) is 17.0. The average Bonchev–Trinajstić information content (AvgIpc) is 3.21. The summed E-state index contributed by atoms with van der Waals surface area (Å²) in [7, 11) is -3.98. The van der Waals surface area contributed by atoms with Crippen LogP contribution in [-0.4, -0.2) is 48.8 Å². The minimum Gasteiger partial charge on any atom is -0.480 e. The van der Waals surface area contributed by atoms with Crippen molar-refractivity contribution in [3.05, 3.63) is 35.9 Å². The Bertz CT molecular complexity index is 1050. The number of rotatable bonds is 4. The van der Waals surface area contributed by atoms with Gasteiger partial charge in [-0.15, -0.1) is 0 Å². The third kappa shape index (κ3) is 2.18. The maximum absolute atomic E-state index is 13.2. The fourth-order valence-electron chi connectivity index (χ4n) is 3.96. The Balaban J connectivity index is 1.94. The lowest BCUT2D eigenvalue weighted by Crippen LogP contribution is -2.40. The number of carboxylic acids is 1. The molecule has 1 amide bonds. The number of nitrogens with zero attached hydrogens (tertiary/aromatic N) is 2. The molecule has 0 bridgehead atoms. The highest BCUT2D eigenvalue weighted by Crippen LogP contribution is 2.41. The van der Waals surface area contributed by atoms with Gasteiger partial charge in [0.1, 0.15) is 6.04 Å². The lowest BCUT2D eigenvalue weighted by atomic mass is 10.1. The van der Waals surface area contributed by atoms with Crippen LogP contribution in [0, 0.1) is 0 Å². The second-order valence-electron chi connectivity index (χ2n) is 6.47. The van der Waals surface area contributed by atoms with Crippen LogP contribution in [-0.2, 0) is 14.8 Å².